The molecule has 0 aliphatic carbocycles. The number of amides is 1. The Morgan fingerprint density at radius 3 is 2.66 bits per heavy atom. The SMILES string of the molecule is O=C(O)CC(c1ccccc1)n1cnc2cc(NC(=O)C3Cc4ccccc4N3)ccc21. The summed E-state index contributed by atoms with van der Waals surface area (Å²) in [6.07, 6.45) is 2.25. The Hall–Kier alpha value is -4.13. The van der Waals surface area contributed by atoms with Crippen LogP contribution in [-0.4, -0.2) is 32.6 Å². The fraction of sp³-hybridized carbons (Fsp3) is 0.160. The molecule has 3 N–H and O–H groups in total. The highest BCUT2D eigenvalue weighted by Crippen LogP contribution is 2.29. The first-order valence-corrected chi connectivity index (χ1v) is 10.5. The number of carbonyl (C=O) groups excluding carboxylic acids is 1. The Morgan fingerprint density at radius 2 is 1.88 bits per heavy atom. The van der Waals surface area contributed by atoms with Crippen LogP contribution in [0.1, 0.15) is 23.6 Å². The summed E-state index contributed by atoms with van der Waals surface area (Å²) in [5.74, 6) is -0.984. The maximum atomic E-state index is 12.8. The number of para-hydroxylation sites is 1. The standard InChI is InChI=1S/C25H22N4O3/c30-24(31)14-23(16-6-2-1-3-7-16)29-15-26-20-13-18(10-11-22(20)29)27-25(32)21-12-17-8-4-5-9-19(17)28-21/h1-11,13,15,21,23,28H,12,14H2,(H,27,32)(H,30,31). The van der Waals surface area contributed by atoms with E-state index >= 15 is 0 Å². The number of imidazole rings is 1. The molecule has 0 bridgehead atoms. The van der Waals surface area contributed by atoms with E-state index in [0.717, 1.165) is 22.3 Å². The smallest absolute Gasteiger partial charge is 0.305 e. The van der Waals surface area contributed by atoms with Crippen molar-refractivity contribution in [1.82, 2.24) is 9.55 Å². The van der Waals surface area contributed by atoms with E-state index in [9.17, 15) is 14.7 Å². The molecule has 7 heteroatoms. The first-order valence-electron chi connectivity index (χ1n) is 10.5. The van der Waals surface area contributed by atoms with Gasteiger partial charge < -0.3 is 20.3 Å². The zero-order chi connectivity index (χ0) is 22.1. The van der Waals surface area contributed by atoms with Gasteiger partial charge in [-0.25, -0.2) is 4.98 Å². The average Bonchev–Trinajstić information content (AvgIpc) is 3.42. The number of carboxylic acid groups (broad SMARTS) is 1. The molecule has 2 heterocycles. The highest BCUT2D eigenvalue weighted by atomic mass is 16.4. The molecular weight excluding hydrogens is 404 g/mol. The number of hydrogen-bond donors (Lipinski definition) is 3. The van der Waals surface area contributed by atoms with Crippen LogP contribution in [0.15, 0.2) is 79.1 Å². The fourth-order valence-electron chi connectivity index (χ4n) is 4.26. The minimum absolute atomic E-state index is 0.0537. The van der Waals surface area contributed by atoms with Crippen molar-refractivity contribution in [2.75, 3.05) is 10.6 Å². The Kier molecular flexibility index (Phi) is 5.07. The largest absolute Gasteiger partial charge is 0.481 e. The molecule has 1 aliphatic rings. The molecular formula is C25H22N4O3. The van der Waals surface area contributed by atoms with Crippen molar-refractivity contribution in [2.45, 2.75) is 24.9 Å². The Balaban J connectivity index is 1.38. The summed E-state index contributed by atoms with van der Waals surface area (Å²) in [5, 5.41) is 15.7. The molecule has 3 aromatic carbocycles. The third-order valence-electron chi connectivity index (χ3n) is 5.82. The summed E-state index contributed by atoms with van der Waals surface area (Å²) >= 11 is 0. The van der Waals surface area contributed by atoms with Gasteiger partial charge in [0.25, 0.3) is 0 Å². The third kappa shape index (κ3) is 3.80. The van der Waals surface area contributed by atoms with Crippen LogP contribution >= 0.6 is 0 Å². The first kappa shape index (κ1) is 19.8. The molecule has 160 valence electrons. The van der Waals surface area contributed by atoms with Gasteiger partial charge in [0.15, 0.2) is 0 Å². The normalized spacial score (nSPS) is 15.7. The van der Waals surface area contributed by atoms with Gasteiger partial charge in [-0.05, 0) is 35.4 Å². The second-order valence-corrected chi connectivity index (χ2v) is 7.93. The van der Waals surface area contributed by atoms with E-state index in [0.29, 0.717) is 17.6 Å². The number of carboxylic acids is 1. The lowest BCUT2D eigenvalue weighted by atomic mass is 10.0. The number of aliphatic carboxylic acids is 1. The summed E-state index contributed by atoms with van der Waals surface area (Å²) in [7, 11) is 0. The van der Waals surface area contributed by atoms with Crippen molar-refractivity contribution < 1.29 is 14.7 Å². The number of aromatic nitrogens is 2. The van der Waals surface area contributed by atoms with Crippen LogP contribution in [0.4, 0.5) is 11.4 Å². The number of nitrogens with zero attached hydrogens (tertiary/aromatic N) is 2. The minimum atomic E-state index is -0.880. The number of anilines is 2. The molecule has 32 heavy (non-hydrogen) atoms. The lowest BCUT2D eigenvalue weighted by molar-refractivity contribution is -0.137. The predicted octanol–water partition coefficient (Wildman–Crippen LogP) is 4.08. The van der Waals surface area contributed by atoms with Crippen LogP contribution in [0.2, 0.25) is 0 Å². The van der Waals surface area contributed by atoms with Crippen LogP contribution in [0.3, 0.4) is 0 Å². The molecule has 4 aromatic rings. The quantitative estimate of drug-likeness (QED) is 0.432. The number of carbonyl (C=O) groups is 2. The van der Waals surface area contributed by atoms with Crippen LogP contribution in [0, 0.1) is 0 Å². The summed E-state index contributed by atoms with van der Waals surface area (Å²) in [6, 6.07) is 22.3. The number of fused-ring (bicyclic) bond motifs is 2. The number of benzene rings is 3. The molecule has 2 unspecified atom stereocenters. The number of hydrogen-bond acceptors (Lipinski definition) is 4. The molecule has 0 radical (unpaired) electrons. The van der Waals surface area contributed by atoms with Crippen LogP contribution in [-0.2, 0) is 16.0 Å². The summed E-state index contributed by atoms with van der Waals surface area (Å²) in [5.41, 5.74) is 5.18. The predicted molar refractivity (Wildman–Crippen MR) is 123 cm³/mol. The van der Waals surface area contributed by atoms with Gasteiger partial charge in [-0.1, -0.05) is 48.5 Å². The van der Waals surface area contributed by atoms with Gasteiger partial charge in [-0.2, -0.15) is 0 Å². The molecule has 5 rings (SSSR count). The molecule has 0 saturated carbocycles. The van der Waals surface area contributed by atoms with Gasteiger partial charge >= 0.3 is 5.97 Å². The van der Waals surface area contributed by atoms with Crippen LogP contribution < -0.4 is 10.6 Å². The first-order chi connectivity index (χ1) is 15.6. The van der Waals surface area contributed by atoms with Crippen LogP contribution in [0.5, 0.6) is 0 Å². The van der Waals surface area contributed by atoms with Crippen molar-refractivity contribution in [3.63, 3.8) is 0 Å². The Morgan fingerprint density at radius 1 is 1.09 bits per heavy atom. The highest BCUT2D eigenvalue weighted by molar-refractivity contribution is 5.99. The third-order valence-corrected chi connectivity index (χ3v) is 5.82. The highest BCUT2D eigenvalue weighted by Gasteiger charge is 2.26. The maximum absolute atomic E-state index is 12.8. The number of nitrogens with one attached hydrogen (secondary N) is 2. The average molecular weight is 426 g/mol. The Labute approximate surface area is 184 Å². The second-order valence-electron chi connectivity index (χ2n) is 7.93. The topological polar surface area (TPSA) is 96.2 Å². The fourth-order valence-corrected chi connectivity index (χ4v) is 4.26. The van der Waals surface area contributed by atoms with E-state index < -0.39 is 5.97 Å². The summed E-state index contributed by atoms with van der Waals surface area (Å²) in [6.45, 7) is 0. The zero-order valence-electron chi connectivity index (χ0n) is 17.2. The van der Waals surface area contributed by atoms with Gasteiger partial charge in [-0.15, -0.1) is 0 Å². The van der Waals surface area contributed by atoms with E-state index in [1.807, 2.05) is 77.4 Å². The molecule has 1 aliphatic heterocycles. The minimum Gasteiger partial charge on any atom is -0.481 e. The summed E-state index contributed by atoms with van der Waals surface area (Å²) in [4.78, 5) is 28.8. The van der Waals surface area contributed by atoms with E-state index in [4.69, 9.17) is 0 Å². The van der Waals surface area contributed by atoms with E-state index in [2.05, 4.69) is 15.6 Å². The molecule has 2 atom stereocenters. The second kappa shape index (κ2) is 8.19. The van der Waals surface area contributed by atoms with Crippen molar-refractivity contribution in [2.24, 2.45) is 0 Å². The van der Waals surface area contributed by atoms with Gasteiger partial charge in [0, 0.05) is 17.8 Å². The Bertz CT molecular complexity index is 1270. The lowest BCUT2D eigenvalue weighted by Crippen LogP contribution is -2.32. The molecule has 1 amide bonds. The zero-order valence-corrected chi connectivity index (χ0v) is 17.2. The molecule has 1 aromatic heterocycles. The monoisotopic (exact) mass is 426 g/mol. The van der Waals surface area contributed by atoms with Crippen molar-refractivity contribution >= 4 is 34.3 Å². The number of rotatable bonds is 6. The maximum Gasteiger partial charge on any atom is 0.305 e. The van der Waals surface area contributed by atoms with Crippen molar-refractivity contribution in [1.29, 1.82) is 0 Å². The van der Waals surface area contributed by atoms with Gasteiger partial charge in [0.1, 0.15) is 6.04 Å². The van der Waals surface area contributed by atoms with Crippen molar-refractivity contribution in [3.8, 4) is 0 Å². The molecule has 0 saturated heterocycles. The van der Waals surface area contributed by atoms with E-state index in [1.54, 1.807) is 6.33 Å². The van der Waals surface area contributed by atoms with Gasteiger partial charge in [-0.3, -0.25) is 9.59 Å². The van der Waals surface area contributed by atoms with Gasteiger partial charge in [0.05, 0.1) is 29.8 Å². The van der Waals surface area contributed by atoms with E-state index in [1.165, 1.54) is 0 Å². The van der Waals surface area contributed by atoms with E-state index in [-0.39, 0.29) is 24.4 Å². The van der Waals surface area contributed by atoms with Crippen molar-refractivity contribution in [3.05, 3.63) is 90.3 Å². The molecule has 0 fully saturated rings. The molecule has 0 spiro atoms. The molecule has 7 nitrogen and oxygen atoms in total. The van der Waals surface area contributed by atoms with Crippen LogP contribution in [0.25, 0.3) is 11.0 Å². The lowest BCUT2D eigenvalue weighted by Gasteiger charge is -2.18. The van der Waals surface area contributed by atoms with Gasteiger partial charge in [0.2, 0.25) is 5.91 Å². The summed E-state index contributed by atoms with van der Waals surface area (Å²) < 4.78 is 1.87.